The third-order valence-corrected chi connectivity index (χ3v) is 6.21. The molecule has 8 nitrogen and oxygen atoms in total. The summed E-state index contributed by atoms with van der Waals surface area (Å²) >= 11 is 0. The molecule has 0 bridgehead atoms. The predicted octanol–water partition coefficient (Wildman–Crippen LogP) is 3.94. The summed E-state index contributed by atoms with van der Waals surface area (Å²) in [6.45, 7) is 3.56. The molecular weight excluding hydrogens is 428 g/mol. The molecule has 0 atom stereocenters. The SMILES string of the molecule is Cc1ccc(C(=O)N2CCC(c3ccc(C#N)cc3)CC2)cc1NC(=O)NCc1cn(C)cn1. The summed E-state index contributed by atoms with van der Waals surface area (Å²) in [5, 5.41) is 14.6. The molecule has 0 radical (unpaired) electrons. The van der Waals surface area contributed by atoms with Crippen LogP contribution in [0.5, 0.6) is 0 Å². The second-order valence-corrected chi connectivity index (χ2v) is 8.67. The van der Waals surface area contributed by atoms with E-state index in [0.29, 0.717) is 42.4 Å². The maximum Gasteiger partial charge on any atom is 0.319 e. The van der Waals surface area contributed by atoms with Crippen molar-refractivity contribution >= 4 is 17.6 Å². The molecule has 0 aliphatic carbocycles. The van der Waals surface area contributed by atoms with Gasteiger partial charge in [0, 0.05) is 37.6 Å². The monoisotopic (exact) mass is 456 g/mol. The van der Waals surface area contributed by atoms with Gasteiger partial charge in [-0.1, -0.05) is 18.2 Å². The van der Waals surface area contributed by atoms with Crippen LogP contribution in [0.25, 0.3) is 0 Å². The maximum absolute atomic E-state index is 13.1. The van der Waals surface area contributed by atoms with Gasteiger partial charge in [-0.3, -0.25) is 4.79 Å². The number of aromatic nitrogens is 2. The van der Waals surface area contributed by atoms with Gasteiger partial charge in [0.1, 0.15) is 0 Å². The second-order valence-electron chi connectivity index (χ2n) is 8.67. The van der Waals surface area contributed by atoms with Gasteiger partial charge < -0.3 is 20.1 Å². The van der Waals surface area contributed by atoms with Crippen molar-refractivity contribution in [2.75, 3.05) is 18.4 Å². The first-order valence-electron chi connectivity index (χ1n) is 11.3. The number of carbonyl (C=O) groups excluding carboxylic acids is 2. The van der Waals surface area contributed by atoms with Crippen molar-refractivity contribution in [1.29, 1.82) is 5.26 Å². The fourth-order valence-corrected chi connectivity index (χ4v) is 4.21. The summed E-state index contributed by atoms with van der Waals surface area (Å²) < 4.78 is 1.82. The molecule has 1 aliphatic heterocycles. The first-order chi connectivity index (χ1) is 16.4. The molecule has 0 unspecified atom stereocenters. The number of carbonyl (C=O) groups is 2. The molecule has 2 N–H and O–H groups in total. The third kappa shape index (κ3) is 5.44. The summed E-state index contributed by atoms with van der Waals surface area (Å²) in [6, 6.07) is 14.9. The molecule has 1 aromatic heterocycles. The summed E-state index contributed by atoms with van der Waals surface area (Å²) in [5.41, 5.74) is 4.68. The number of rotatable bonds is 5. The van der Waals surface area contributed by atoms with Crippen LogP contribution in [0.4, 0.5) is 10.5 Å². The molecule has 2 heterocycles. The van der Waals surface area contributed by atoms with Crippen molar-refractivity contribution in [1.82, 2.24) is 19.8 Å². The molecule has 8 heteroatoms. The van der Waals surface area contributed by atoms with Gasteiger partial charge in [-0.2, -0.15) is 5.26 Å². The van der Waals surface area contributed by atoms with Crippen molar-refractivity contribution in [2.24, 2.45) is 7.05 Å². The molecular formula is C26H28N6O2. The van der Waals surface area contributed by atoms with Crippen molar-refractivity contribution in [3.63, 3.8) is 0 Å². The fourth-order valence-electron chi connectivity index (χ4n) is 4.21. The zero-order chi connectivity index (χ0) is 24.1. The number of nitrogens with zero attached hydrogens (tertiary/aromatic N) is 4. The van der Waals surface area contributed by atoms with Gasteiger partial charge in [-0.05, 0) is 61.1 Å². The Labute approximate surface area is 199 Å². The van der Waals surface area contributed by atoms with Crippen LogP contribution in [0.1, 0.15) is 51.5 Å². The molecule has 1 fully saturated rings. The molecule has 1 saturated heterocycles. The largest absolute Gasteiger partial charge is 0.340 e. The van der Waals surface area contributed by atoms with Gasteiger partial charge >= 0.3 is 6.03 Å². The van der Waals surface area contributed by atoms with Crippen LogP contribution >= 0.6 is 0 Å². The lowest BCUT2D eigenvalue weighted by molar-refractivity contribution is 0.0713. The second kappa shape index (κ2) is 10.2. The molecule has 0 saturated carbocycles. The lowest BCUT2D eigenvalue weighted by Gasteiger charge is -2.32. The lowest BCUT2D eigenvalue weighted by Crippen LogP contribution is -2.38. The number of likely N-dealkylation sites (tertiary alicyclic amines) is 1. The van der Waals surface area contributed by atoms with Crippen LogP contribution in [-0.4, -0.2) is 39.5 Å². The first kappa shape index (κ1) is 23.1. The Balaban J connectivity index is 1.34. The summed E-state index contributed by atoms with van der Waals surface area (Å²) in [5.74, 6) is 0.352. The number of hydrogen-bond donors (Lipinski definition) is 2. The minimum atomic E-state index is -0.346. The number of nitriles is 1. The molecule has 2 aromatic carbocycles. The highest BCUT2D eigenvalue weighted by molar-refractivity contribution is 5.97. The van der Waals surface area contributed by atoms with E-state index in [0.717, 1.165) is 24.1 Å². The average Bonchev–Trinajstić information content (AvgIpc) is 3.29. The number of urea groups is 1. The number of imidazole rings is 1. The minimum absolute atomic E-state index is 0.0322. The van der Waals surface area contributed by atoms with Crippen LogP contribution in [-0.2, 0) is 13.6 Å². The molecule has 3 amide bonds. The van der Waals surface area contributed by atoms with Gasteiger partial charge in [0.05, 0.1) is 30.2 Å². The normalized spacial score (nSPS) is 13.9. The maximum atomic E-state index is 13.1. The van der Waals surface area contributed by atoms with Gasteiger partial charge in [0.15, 0.2) is 0 Å². The Bertz CT molecular complexity index is 1220. The Kier molecular flexibility index (Phi) is 6.93. The highest BCUT2D eigenvalue weighted by Crippen LogP contribution is 2.29. The number of piperidine rings is 1. The van der Waals surface area contributed by atoms with E-state index in [2.05, 4.69) is 21.7 Å². The minimum Gasteiger partial charge on any atom is -0.340 e. The topological polar surface area (TPSA) is 103 Å². The molecule has 1 aliphatic rings. The summed E-state index contributed by atoms with van der Waals surface area (Å²) in [7, 11) is 1.87. The van der Waals surface area contributed by atoms with Crippen molar-refractivity contribution in [3.05, 3.63) is 82.9 Å². The van der Waals surface area contributed by atoms with Crippen LogP contribution < -0.4 is 10.6 Å². The smallest absolute Gasteiger partial charge is 0.319 e. The Morgan fingerprint density at radius 3 is 2.53 bits per heavy atom. The van der Waals surface area contributed by atoms with Crippen molar-refractivity contribution in [2.45, 2.75) is 32.2 Å². The van der Waals surface area contributed by atoms with Crippen LogP contribution in [0.15, 0.2) is 55.0 Å². The van der Waals surface area contributed by atoms with E-state index >= 15 is 0 Å². The standard InChI is InChI=1S/C26H28N6O2/c1-18-3-6-22(13-24(18)30-26(34)28-15-23-16-31(2)17-29-23)25(33)32-11-9-21(10-12-32)20-7-4-19(14-27)5-8-20/h3-8,13,16-17,21H,9-12,15H2,1-2H3,(H2,28,30,34). The van der Waals surface area contributed by atoms with Gasteiger partial charge in [0.25, 0.3) is 5.91 Å². The molecule has 174 valence electrons. The molecule has 4 rings (SSSR count). The zero-order valence-corrected chi connectivity index (χ0v) is 19.4. The summed E-state index contributed by atoms with van der Waals surface area (Å²) in [6.07, 6.45) is 5.28. The number of amides is 3. The average molecular weight is 457 g/mol. The predicted molar refractivity (Wildman–Crippen MR) is 129 cm³/mol. The number of anilines is 1. The van der Waals surface area contributed by atoms with E-state index in [-0.39, 0.29) is 11.9 Å². The first-order valence-corrected chi connectivity index (χ1v) is 11.3. The van der Waals surface area contributed by atoms with E-state index in [9.17, 15) is 9.59 Å². The van der Waals surface area contributed by atoms with Gasteiger partial charge in [-0.25, -0.2) is 9.78 Å². The van der Waals surface area contributed by atoms with Crippen molar-refractivity contribution in [3.8, 4) is 6.07 Å². The van der Waals surface area contributed by atoms with E-state index < -0.39 is 0 Å². The molecule has 34 heavy (non-hydrogen) atoms. The highest BCUT2D eigenvalue weighted by atomic mass is 16.2. The molecule has 0 spiro atoms. The van der Waals surface area contributed by atoms with E-state index in [1.165, 1.54) is 5.56 Å². The number of benzene rings is 2. The van der Waals surface area contributed by atoms with E-state index in [1.54, 1.807) is 18.5 Å². The highest BCUT2D eigenvalue weighted by Gasteiger charge is 2.25. The summed E-state index contributed by atoms with van der Waals surface area (Å²) in [4.78, 5) is 31.6. The number of hydrogen-bond acceptors (Lipinski definition) is 4. The Hall–Kier alpha value is -4.12. The fraction of sp³-hybridized carbons (Fsp3) is 0.308. The zero-order valence-electron chi connectivity index (χ0n) is 19.4. The third-order valence-electron chi connectivity index (χ3n) is 6.21. The lowest BCUT2D eigenvalue weighted by atomic mass is 9.89. The van der Waals surface area contributed by atoms with Crippen molar-refractivity contribution < 1.29 is 9.59 Å². The van der Waals surface area contributed by atoms with E-state index in [1.807, 2.05) is 60.0 Å². The van der Waals surface area contributed by atoms with Crippen LogP contribution in [0.2, 0.25) is 0 Å². The number of nitrogens with one attached hydrogen (secondary N) is 2. The Morgan fingerprint density at radius 1 is 1.15 bits per heavy atom. The van der Waals surface area contributed by atoms with Crippen LogP contribution in [0.3, 0.4) is 0 Å². The Morgan fingerprint density at radius 2 is 1.88 bits per heavy atom. The molecule has 3 aromatic rings. The van der Waals surface area contributed by atoms with Crippen LogP contribution in [0, 0.1) is 18.3 Å². The van der Waals surface area contributed by atoms with E-state index in [4.69, 9.17) is 5.26 Å². The van der Waals surface area contributed by atoms with Gasteiger partial charge in [0.2, 0.25) is 0 Å². The number of aryl methyl sites for hydroxylation is 2. The quantitative estimate of drug-likeness (QED) is 0.607. The van der Waals surface area contributed by atoms with Gasteiger partial charge in [-0.15, -0.1) is 0 Å².